The minimum absolute atomic E-state index is 0.158. The molecule has 0 fully saturated rings. The summed E-state index contributed by atoms with van der Waals surface area (Å²) in [7, 11) is 0. The Morgan fingerprint density at radius 2 is 1.62 bits per heavy atom. The van der Waals surface area contributed by atoms with Gasteiger partial charge in [0.15, 0.2) is 11.6 Å². The monoisotopic (exact) mass is 354 g/mol. The van der Waals surface area contributed by atoms with Gasteiger partial charge in [-0.3, -0.25) is 4.79 Å². The van der Waals surface area contributed by atoms with Crippen LogP contribution in [0.15, 0.2) is 54.6 Å². The molecule has 0 aliphatic carbocycles. The van der Waals surface area contributed by atoms with Gasteiger partial charge in [0.05, 0.1) is 6.42 Å². The van der Waals surface area contributed by atoms with E-state index in [4.69, 9.17) is 0 Å². The smallest absolute Gasteiger partial charge is 0.229 e. The average molecular weight is 354 g/mol. The van der Waals surface area contributed by atoms with E-state index < -0.39 is 11.6 Å². The summed E-state index contributed by atoms with van der Waals surface area (Å²) in [5.74, 6) is -1.29. The molecule has 26 heavy (non-hydrogen) atoms. The first kappa shape index (κ1) is 17.5. The molecule has 0 radical (unpaired) electrons. The maximum atomic E-state index is 13.6. The minimum atomic E-state index is -0.734. The van der Waals surface area contributed by atoms with Gasteiger partial charge in [-0.2, -0.15) is 0 Å². The van der Waals surface area contributed by atoms with E-state index in [9.17, 15) is 13.6 Å². The highest BCUT2D eigenvalue weighted by atomic mass is 19.1. The first-order valence-corrected chi connectivity index (χ1v) is 7.91. The van der Waals surface area contributed by atoms with E-state index in [-0.39, 0.29) is 29.7 Å². The summed E-state index contributed by atoms with van der Waals surface area (Å²) >= 11 is 0. The van der Waals surface area contributed by atoms with Gasteiger partial charge in [-0.25, -0.2) is 8.78 Å². The molecule has 132 valence electrons. The fraction of sp³-hybridized carbons (Fsp3) is 0.105. The van der Waals surface area contributed by atoms with Gasteiger partial charge in [0.1, 0.15) is 17.3 Å². The second kappa shape index (κ2) is 7.69. The van der Waals surface area contributed by atoms with Crippen LogP contribution in [0.25, 0.3) is 0 Å². The number of nitrogens with one attached hydrogen (secondary N) is 2. The first-order chi connectivity index (χ1) is 12.5. The summed E-state index contributed by atoms with van der Waals surface area (Å²) in [6.07, 6.45) is 0.212. The zero-order valence-corrected chi connectivity index (χ0v) is 14.0. The molecule has 0 spiro atoms. The van der Waals surface area contributed by atoms with Crippen LogP contribution >= 0.6 is 0 Å². The van der Waals surface area contributed by atoms with Crippen LogP contribution in [0.1, 0.15) is 11.1 Å². The van der Waals surface area contributed by atoms with E-state index in [1.54, 1.807) is 0 Å². The fourth-order valence-corrected chi connectivity index (χ4v) is 2.41. The van der Waals surface area contributed by atoms with Crippen LogP contribution in [0.3, 0.4) is 0 Å². The molecule has 5 nitrogen and oxygen atoms in total. The summed E-state index contributed by atoms with van der Waals surface area (Å²) < 4.78 is 27.2. The van der Waals surface area contributed by atoms with E-state index in [0.717, 1.165) is 23.3 Å². The van der Waals surface area contributed by atoms with Gasteiger partial charge < -0.3 is 10.6 Å². The van der Waals surface area contributed by atoms with E-state index >= 15 is 0 Å². The van der Waals surface area contributed by atoms with Crippen molar-refractivity contribution in [1.29, 1.82) is 0 Å². The molecule has 0 atom stereocenters. The first-order valence-electron chi connectivity index (χ1n) is 7.91. The Morgan fingerprint density at radius 3 is 2.27 bits per heavy atom. The van der Waals surface area contributed by atoms with Gasteiger partial charge in [0, 0.05) is 0 Å². The van der Waals surface area contributed by atoms with Crippen LogP contribution < -0.4 is 10.6 Å². The lowest BCUT2D eigenvalue weighted by atomic mass is 10.1. The zero-order chi connectivity index (χ0) is 18.5. The van der Waals surface area contributed by atoms with Crippen LogP contribution in [-0.4, -0.2) is 16.1 Å². The largest absolute Gasteiger partial charge is 0.334 e. The Balaban J connectivity index is 1.63. The number of rotatable bonds is 5. The number of carbonyl (C=O) groups is 1. The van der Waals surface area contributed by atoms with Crippen LogP contribution in [-0.2, 0) is 11.2 Å². The number of amides is 1. The number of carbonyl (C=O) groups excluding carboxylic acids is 1. The predicted molar refractivity (Wildman–Crippen MR) is 95.2 cm³/mol. The maximum absolute atomic E-state index is 13.6. The standard InChI is InChI=1S/C19H16F2N4O/c1-12-4-2-5-13(10-12)11-18(26)22-16-8-9-17(25-24-16)23-19-14(20)6-3-7-15(19)21/h2-10H,11H2,1H3,(H,23,25)(H,22,24,26). The lowest BCUT2D eigenvalue weighted by Crippen LogP contribution is -2.15. The molecule has 1 amide bonds. The zero-order valence-electron chi connectivity index (χ0n) is 14.0. The fourth-order valence-electron chi connectivity index (χ4n) is 2.41. The molecule has 3 rings (SSSR count). The van der Waals surface area contributed by atoms with E-state index in [2.05, 4.69) is 20.8 Å². The number of para-hydroxylation sites is 1. The molecule has 1 heterocycles. The van der Waals surface area contributed by atoms with Gasteiger partial charge in [-0.05, 0) is 36.8 Å². The van der Waals surface area contributed by atoms with Crippen molar-refractivity contribution in [2.45, 2.75) is 13.3 Å². The molecule has 0 saturated carbocycles. The van der Waals surface area contributed by atoms with Crippen molar-refractivity contribution in [2.24, 2.45) is 0 Å². The van der Waals surface area contributed by atoms with Crippen LogP contribution in [0.2, 0.25) is 0 Å². The third-order valence-corrected chi connectivity index (χ3v) is 3.60. The van der Waals surface area contributed by atoms with Gasteiger partial charge in [0.25, 0.3) is 0 Å². The normalized spacial score (nSPS) is 10.4. The quantitative estimate of drug-likeness (QED) is 0.727. The van der Waals surface area contributed by atoms with Gasteiger partial charge >= 0.3 is 0 Å². The van der Waals surface area contributed by atoms with Gasteiger partial charge in [0.2, 0.25) is 5.91 Å². The second-order valence-electron chi connectivity index (χ2n) is 5.74. The predicted octanol–water partition coefficient (Wildman–Crippen LogP) is 3.99. The number of aromatic nitrogens is 2. The summed E-state index contributed by atoms with van der Waals surface area (Å²) in [6, 6.07) is 14.2. The number of halogens is 2. The van der Waals surface area contributed by atoms with Crippen molar-refractivity contribution in [3.8, 4) is 0 Å². The molecular weight excluding hydrogens is 338 g/mol. The third kappa shape index (κ3) is 4.38. The van der Waals surface area contributed by atoms with Crippen molar-refractivity contribution in [2.75, 3.05) is 10.6 Å². The summed E-state index contributed by atoms with van der Waals surface area (Å²) in [6.45, 7) is 1.96. The van der Waals surface area contributed by atoms with Crippen LogP contribution in [0.4, 0.5) is 26.1 Å². The lowest BCUT2D eigenvalue weighted by Gasteiger charge is -2.08. The average Bonchev–Trinajstić information content (AvgIpc) is 2.60. The molecule has 3 aromatic rings. The van der Waals surface area contributed by atoms with Crippen LogP contribution in [0.5, 0.6) is 0 Å². The molecular formula is C19H16F2N4O. The summed E-state index contributed by atoms with van der Waals surface area (Å²) in [5, 5.41) is 12.8. The minimum Gasteiger partial charge on any atom is -0.334 e. The number of nitrogens with zero attached hydrogens (tertiary/aromatic N) is 2. The van der Waals surface area contributed by atoms with E-state index in [0.29, 0.717) is 0 Å². The lowest BCUT2D eigenvalue weighted by molar-refractivity contribution is -0.115. The Kier molecular flexibility index (Phi) is 5.17. The number of benzene rings is 2. The van der Waals surface area contributed by atoms with Gasteiger partial charge in [-0.1, -0.05) is 35.9 Å². The van der Waals surface area contributed by atoms with Crippen molar-refractivity contribution in [1.82, 2.24) is 10.2 Å². The highest BCUT2D eigenvalue weighted by Crippen LogP contribution is 2.22. The highest BCUT2D eigenvalue weighted by molar-refractivity contribution is 5.91. The summed E-state index contributed by atoms with van der Waals surface area (Å²) in [5.41, 5.74) is 1.66. The summed E-state index contributed by atoms with van der Waals surface area (Å²) in [4.78, 5) is 12.1. The molecule has 0 aliphatic heterocycles. The number of hydrogen-bond donors (Lipinski definition) is 2. The van der Waals surface area contributed by atoms with Crippen molar-refractivity contribution < 1.29 is 13.6 Å². The third-order valence-electron chi connectivity index (χ3n) is 3.60. The maximum Gasteiger partial charge on any atom is 0.229 e. The molecule has 7 heteroatoms. The molecule has 1 aromatic heterocycles. The number of aryl methyl sites for hydroxylation is 1. The van der Waals surface area contributed by atoms with E-state index in [1.165, 1.54) is 18.2 Å². The molecule has 0 saturated heterocycles. The Morgan fingerprint density at radius 1 is 0.962 bits per heavy atom. The molecule has 2 N–H and O–H groups in total. The SMILES string of the molecule is Cc1cccc(CC(=O)Nc2ccc(Nc3c(F)cccc3F)nn2)c1. The number of anilines is 3. The molecule has 0 bridgehead atoms. The number of hydrogen-bond acceptors (Lipinski definition) is 4. The van der Waals surface area contributed by atoms with E-state index in [1.807, 2.05) is 31.2 Å². The van der Waals surface area contributed by atoms with Crippen molar-refractivity contribution in [3.63, 3.8) is 0 Å². The van der Waals surface area contributed by atoms with Crippen LogP contribution in [0, 0.1) is 18.6 Å². The Labute approximate surface area is 149 Å². The van der Waals surface area contributed by atoms with Gasteiger partial charge in [-0.15, -0.1) is 10.2 Å². The molecule has 0 aliphatic rings. The second-order valence-corrected chi connectivity index (χ2v) is 5.74. The van der Waals surface area contributed by atoms with Crippen molar-refractivity contribution >= 4 is 23.2 Å². The molecule has 2 aromatic carbocycles. The topological polar surface area (TPSA) is 66.9 Å². The Hall–Kier alpha value is -3.35. The van der Waals surface area contributed by atoms with Crippen molar-refractivity contribution in [3.05, 3.63) is 77.4 Å². The molecule has 0 unspecified atom stereocenters. The highest BCUT2D eigenvalue weighted by Gasteiger charge is 2.10. The Bertz CT molecular complexity index is 909.